The van der Waals surface area contributed by atoms with E-state index in [0.717, 1.165) is 0 Å². The van der Waals surface area contributed by atoms with Gasteiger partial charge in [-0.2, -0.15) is 0 Å². The summed E-state index contributed by atoms with van der Waals surface area (Å²) in [6.45, 7) is 0. The Morgan fingerprint density at radius 3 is 0.844 bits per heavy atom. The molecule has 0 aliphatic carbocycles. The fraction of sp³-hybridized carbons (Fsp3) is 0. The molecule has 0 atom stereocenters. The van der Waals surface area contributed by atoms with E-state index in [4.69, 9.17) is 0 Å². The van der Waals surface area contributed by atoms with E-state index in [1.165, 1.54) is 141 Å². The third kappa shape index (κ3) is 5.17. The van der Waals surface area contributed by atoms with Gasteiger partial charge in [0, 0.05) is 0 Å². The summed E-state index contributed by atoms with van der Waals surface area (Å²) in [5, 5.41) is 25.7. The molecule has 0 spiro atoms. The van der Waals surface area contributed by atoms with E-state index < -0.39 is 0 Å². The van der Waals surface area contributed by atoms with Gasteiger partial charge in [-0.3, -0.25) is 0 Å². The molecule has 14 aromatic carbocycles. The summed E-state index contributed by atoms with van der Waals surface area (Å²) in [6, 6.07) is 86.2. The van der Waals surface area contributed by atoms with Crippen LogP contribution in [0.5, 0.6) is 0 Å². The average Bonchev–Trinajstić information content (AvgIpc) is 3.37. The van der Waals surface area contributed by atoms with Gasteiger partial charge in [0.15, 0.2) is 0 Å². The molecule has 0 bridgehead atoms. The molecule has 14 rings (SSSR count). The molecule has 0 N–H and O–H groups in total. The van der Waals surface area contributed by atoms with Gasteiger partial charge in [-0.15, -0.1) is 0 Å². The lowest BCUT2D eigenvalue weighted by Crippen LogP contribution is -1.89. The maximum atomic E-state index is 2.44. The molecule has 14 aromatic rings. The van der Waals surface area contributed by atoms with Crippen LogP contribution in [0.1, 0.15) is 0 Å². The molecule has 0 aromatic heterocycles. The first-order chi connectivity index (χ1) is 31.7. The van der Waals surface area contributed by atoms with Gasteiger partial charge in [0.2, 0.25) is 0 Å². The van der Waals surface area contributed by atoms with Gasteiger partial charge in [0.1, 0.15) is 0 Å². The first kappa shape index (κ1) is 35.3. The predicted octanol–water partition coefficient (Wildman–Crippen LogP) is 18.2. The van der Waals surface area contributed by atoms with Crippen LogP contribution in [0.4, 0.5) is 0 Å². The fourth-order valence-electron chi connectivity index (χ4n) is 11.2. The molecule has 0 aliphatic rings. The molecule has 0 fully saturated rings. The summed E-state index contributed by atoms with van der Waals surface area (Å²) in [5.74, 6) is 0. The van der Waals surface area contributed by atoms with Crippen LogP contribution in [-0.4, -0.2) is 0 Å². The highest BCUT2D eigenvalue weighted by Gasteiger charge is 2.17. The van der Waals surface area contributed by atoms with E-state index in [0.29, 0.717) is 0 Å². The zero-order valence-electron chi connectivity index (χ0n) is 34.9. The Hall–Kier alpha value is -8.32. The summed E-state index contributed by atoms with van der Waals surface area (Å²) in [5.41, 5.74) is 7.43. The van der Waals surface area contributed by atoms with E-state index in [1.807, 2.05) is 0 Å². The van der Waals surface area contributed by atoms with Crippen LogP contribution >= 0.6 is 0 Å². The monoisotopic (exact) mass is 806 g/mol. The molecular formula is C64H38. The van der Waals surface area contributed by atoms with Gasteiger partial charge in [0.25, 0.3) is 0 Å². The zero-order chi connectivity index (χ0) is 41.9. The molecule has 64 heavy (non-hydrogen) atoms. The Balaban J connectivity index is 0.889. The summed E-state index contributed by atoms with van der Waals surface area (Å²) < 4.78 is 0. The second-order valence-corrected chi connectivity index (χ2v) is 17.5. The van der Waals surface area contributed by atoms with E-state index >= 15 is 0 Å². The minimum absolute atomic E-state index is 1.22. The molecular weight excluding hydrogens is 769 g/mol. The van der Waals surface area contributed by atoms with Gasteiger partial charge < -0.3 is 0 Å². The molecule has 0 heteroatoms. The minimum atomic E-state index is 1.22. The van der Waals surface area contributed by atoms with Crippen molar-refractivity contribution in [3.8, 4) is 33.4 Å². The quantitative estimate of drug-likeness (QED) is 0.156. The molecule has 0 saturated carbocycles. The van der Waals surface area contributed by atoms with Crippen molar-refractivity contribution in [1.29, 1.82) is 0 Å². The number of fused-ring (bicyclic) bond motifs is 18. The van der Waals surface area contributed by atoms with Crippen molar-refractivity contribution in [2.24, 2.45) is 0 Å². The van der Waals surface area contributed by atoms with Crippen molar-refractivity contribution in [2.75, 3.05) is 0 Å². The van der Waals surface area contributed by atoms with E-state index in [2.05, 4.69) is 231 Å². The molecule has 0 amide bonds. The lowest BCUT2D eigenvalue weighted by molar-refractivity contribution is 1.66. The third-order valence-electron chi connectivity index (χ3n) is 14.1. The maximum Gasteiger partial charge on any atom is -0.00199 e. The molecule has 0 heterocycles. The van der Waals surface area contributed by atoms with E-state index in [9.17, 15) is 0 Å². The molecule has 294 valence electrons. The van der Waals surface area contributed by atoms with Crippen LogP contribution < -0.4 is 0 Å². The lowest BCUT2D eigenvalue weighted by Gasteiger charge is -2.16. The smallest absolute Gasteiger partial charge is 0.00199 e. The SMILES string of the molecule is c1ccc2c(c1)c(-c1ccc3cc(-c4ccc5ccc(-c6cc7c8ccccc8c8ccccc8c7c7ccccc67)cc5c4)ccc3c1)cc1c3ccccc3c3ccccc3c21. The predicted molar refractivity (Wildman–Crippen MR) is 278 cm³/mol. The van der Waals surface area contributed by atoms with Crippen LogP contribution in [0.15, 0.2) is 231 Å². The molecule has 0 nitrogen and oxygen atoms in total. The number of hydrogen-bond acceptors (Lipinski definition) is 0. The maximum absolute atomic E-state index is 2.44. The largest absolute Gasteiger partial charge is 0.0616 e. The van der Waals surface area contributed by atoms with Crippen molar-refractivity contribution >= 4 is 108 Å². The van der Waals surface area contributed by atoms with Gasteiger partial charge >= 0.3 is 0 Å². The van der Waals surface area contributed by atoms with Crippen molar-refractivity contribution in [2.45, 2.75) is 0 Å². The van der Waals surface area contributed by atoms with Gasteiger partial charge in [-0.05, 0) is 178 Å². The standard InChI is InChI=1S/C64H38/c1-3-17-51-47(13-1)49-15-5-9-21-55(49)63-57-23-11-7-19-53(57)59(37-61(51)63)44-32-30-41-33-40(28-29-42(41)34-44)43-27-25-39-26-31-45(36-46(39)35-43)60-38-62-52-18-4-2-14-48(52)50-16-6-10-22-56(50)64(62)58-24-12-8-20-54(58)60/h1-38H. The van der Waals surface area contributed by atoms with E-state index in [-0.39, 0.29) is 0 Å². The van der Waals surface area contributed by atoms with Gasteiger partial charge in [0.05, 0.1) is 0 Å². The van der Waals surface area contributed by atoms with Crippen LogP contribution in [-0.2, 0) is 0 Å². The number of hydrogen-bond donors (Lipinski definition) is 0. The summed E-state index contributed by atoms with van der Waals surface area (Å²) in [4.78, 5) is 0. The molecule has 0 unspecified atom stereocenters. The van der Waals surface area contributed by atoms with Gasteiger partial charge in [-0.25, -0.2) is 0 Å². The van der Waals surface area contributed by atoms with Crippen molar-refractivity contribution in [3.63, 3.8) is 0 Å². The number of rotatable bonds is 3. The highest BCUT2D eigenvalue weighted by molar-refractivity contribution is 6.34. The summed E-state index contributed by atoms with van der Waals surface area (Å²) in [6.07, 6.45) is 0. The van der Waals surface area contributed by atoms with Crippen molar-refractivity contribution in [3.05, 3.63) is 231 Å². The highest BCUT2D eigenvalue weighted by atomic mass is 14.2. The van der Waals surface area contributed by atoms with E-state index in [1.54, 1.807) is 0 Å². The Labute approximate surface area is 369 Å². The summed E-state index contributed by atoms with van der Waals surface area (Å²) >= 11 is 0. The lowest BCUT2D eigenvalue weighted by atomic mass is 9.87. The first-order valence-electron chi connectivity index (χ1n) is 22.3. The summed E-state index contributed by atoms with van der Waals surface area (Å²) in [7, 11) is 0. The second-order valence-electron chi connectivity index (χ2n) is 17.5. The molecule has 0 radical (unpaired) electrons. The van der Waals surface area contributed by atoms with Crippen LogP contribution in [0, 0.1) is 0 Å². The fourth-order valence-corrected chi connectivity index (χ4v) is 11.2. The molecule has 0 saturated heterocycles. The Morgan fingerprint density at radius 2 is 0.422 bits per heavy atom. The first-order valence-corrected chi connectivity index (χ1v) is 22.3. The molecule has 0 aliphatic heterocycles. The van der Waals surface area contributed by atoms with Gasteiger partial charge in [-0.1, -0.05) is 194 Å². The highest BCUT2D eigenvalue weighted by Crippen LogP contribution is 2.45. The van der Waals surface area contributed by atoms with Crippen LogP contribution in [0.25, 0.3) is 141 Å². The Morgan fingerprint density at radius 1 is 0.156 bits per heavy atom. The normalized spacial score (nSPS) is 12.1. The van der Waals surface area contributed by atoms with Crippen molar-refractivity contribution in [1.82, 2.24) is 0 Å². The average molecular weight is 807 g/mol. The minimum Gasteiger partial charge on any atom is -0.0616 e. The number of benzene rings is 14. The van der Waals surface area contributed by atoms with Crippen molar-refractivity contribution < 1.29 is 0 Å². The Bertz CT molecular complexity index is 4300. The second kappa shape index (κ2) is 13.6. The van der Waals surface area contributed by atoms with Crippen LogP contribution in [0.3, 0.4) is 0 Å². The zero-order valence-corrected chi connectivity index (χ0v) is 34.9. The Kier molecular flexibility index (Phi) is 7.49. The van der Waals surface area contributed by atoms with Crippen LogP contribution in [0.2, 0.25) is 0 Å². The third-order valence-corrected chi connectivity index (χ3v) is 14.1. The topological polar surface area (TPSA) is 0 Å².